The molecule has 1 aromatic rings. The lowest BCUT2D eigenvalue weighted by Crippen LogP contribution is -2.29. The Hall–Kier alpha value is -1.34. The molecular weight excluding hydrogens is 248 g/mol. The van der Waals surface area contributed by atoms with Crippen LogP contribution in [-0.2, 0) is 0 Å². The zero-order chi connectivity index (χ0) is 13.7. The Morgan fingerprint density at radius 3 is 2.56 bits per heavy atom. The van der Waals surface area contributed by atoms with Crippen LogP contribution in [0.25, 0.3) is 0 Å². The van der Waals surface area contributed by atoms with Gasteiger partial charge in [-0.05, 0) is 13.8 Å². The number of rotatable bonds is 5. The molecule has 5 heteroatoms. The fraction of sp³-hybridized carbons (Fsp3) is 0.615. The van der Waals surface area contributed by atoms with E-state index in [0.29, 0.717) is 11.7 Å². The van der Waals surface area contributed by atoms with E-state index in [2.05, 4.69) is 16.0 Å². The van der Waals surface area contributed by atoms with Gasteiger partial charge in [-0.15, -0.1) is 0 Å². The van der Waals surface area contributed by atoms with Crippen molar-refractivity contribution in [2.45, 2.75) is 33.6 Å². The smallest absolute Gasteiger partial charge is 0.135 e. The Balaban J connectivity index is 3.02. The van der Waals surface area contributed by atoms with Crippen LogP contribution >= 0.6 is 11.6 Å². The summed E-state index contributed by atoms with van der Waals surface area (Å²) in [4.78, 5) is 10.8. The normalized spacial score (nSPS) is 12.3. The van der Waals surface area contributed by atoms with Crippen LogP contribution in [0.5, 0.6) is 0 Å². The Morgan fingerprint density at radius 1 is 1.39 bits per heavy atom. The first kappa shape index (κ1) is 14.7. The van der Waals surface area contributed by atoms with Crippen molar-refractivity contribution in [3.63, 3.8) is 0 Å². The van der Waals surface area contributed by atoms with E-state index in [0.717, 1.165) is 18.2 Å². The molecule has 1 unspecified atom stereocenters. The number of hydrogen-bond donors (Lipinski definition) is 0. The highest BCUT2D eigenvalue weighted by molar-refractivity contribution is 6.29. The van der Waals surface area contributed by atoms with Gasteiger partial charge in [0.1, 0.15) is 16.8 Å². The Labute approximate surface area is 114 Å². The maximum absolute atomic E-state index is 8.89. The second-order valence-corrected chi connectivity index (χ2v) is 5.02. The molecule has 4 nitrogen and oxygen atoms in total. The number of hydrogen-bond acceptors (Lipinski definition) is 4. The van der Waals surface area contributed by atoms with Crippen molar-refractivity contribution >= 4 is 17.4 Å². The number of nitrogens with zero attached hydrogens (tertiary/aromatic N) is 4. The average molecular weight is 267 g/mol. The van der Waals surface area contributed by atoms with Gasteiger partial charge < -0.3 is 4.90 Å². The highest BCUT2D eigenvalue weighted by atomic mass is 35.5. The van der Waals surface area contributed by atoms with Crippen LogP contribution in [0.2, 0.25) is 5.15 Å². The van der Waals surface area contributed by atoms with Gasteiger partial charge in [0.25, 0.3) is 0 Å². The van der Waals surface area contributed by atoms with E-state index in [1.54, 1.807) is 6.07 Å². The van der Waals surface area contributed by atoms with Crippen LogP contribution < -0.4 is 4.90 Å². The molecule has 1 heterocycles. The maximum atomic E-state index is 8.89. The van der Waals surface area contributed by atoms with Crippen molar-refractivity contribution in [3.05, 3.63) is 17.0 Å². The highest BCUT2D eigenvalue weighted by Gasteiger charge is 2.14. The molecule has 0 aliphatic heterocycles. The predicted octanol–water partition coefficient (Wildman–Crippen LogP) is 3.24. The van der Waals surface area contributed by atoms with Gasteiger partial charge in [-0.1, -0.05) is 25.4 Å². The predicted molar refractivity (Wildman–Crippen MR) is 73.8 cm³/mol. The summed E-state index contributed by atoms with van der Waals surface area (Å²) in [5.74, 6) is 1.72. The summed E-state index contributed by atoms with van der Waals surface area (Å²) in [6, 6.07) is 3.98. The SMILES string of the molecule is CCN(CC(C)C#N)c1cc(Cl)nc(C(C)C)n1. The number of aromatic nitrogens is 2. The molecule has 0 aromatic carbocycles. The van der Waals surface area contributed by atoms with Crippen molar-refractivity contribution in [1.29, 1.82) is 5.26 Å². The van der Waals surface area contributed by atoms with Gasteiger partial charge in [-0.3, -0.25) is 0 Å². The molecule has 0 saturated carbocycles. The highest BCUT2D eigenvalue weighted by Crippen LogP contribution is 2.20. The number of halogens is 1. The second-order valence-electron chi connectivity index (χ2n) is 4.63. The minimum Gasteiger partial charge on any atom is -0.355 e. The molecule has 1 aromatic heterocycles. The first-order chi connectivity index (χ1) is 8.47. The quantitative estimate of drug-likeness (QED) is 0.768. The van der Waals surface area contributed by atoms with E-state index >= 15 is 0 Å². The second kappa shape index (κ2) is 6.55. The first-order valence-corrected chi connectivity index (χ1v) is 6.54. The third-order valence-electron chi connectivity index (χ3n) is 2.64. The molecule has 0 spiro atoms. The zero-order valence-corrected chi connectivity index (χ0v) is 12.1. The van der Waals surface area contributed by atoms with Crippen molar-refractivity contribution in [3.8, 4) is 6.07 Å². The lowest BCUT2D eigenvalue weighted by molar-refractivity contribution is 0.671. The molecule has 0 bridgehead atoms. The van der Waals surface area contributed by atoms with Crippen molar-refractivity contribution in [2.75, 3.05) is 18.0 Å². The van der Waals surface area contributed by atoms with Crippen LogP contribution in [0.15, 0.2) is 6.07 Å². The van der Waals surface area contributed by atoms with E-state index in [-0.39, 0.29) is 11.8 Å². The molecule has 1 atom stereocenters. The molecule has 0 amide bonds. The summed E-state index contributed by atoms with van der Waals surface area (Å²) in [5.41, 5.74) is 0. The molecule has 0 aliphatic carbocycles. The van der Waals surface area contributed by atoms with Gasteiger partial charge in [0.2, 0.25) is 0 Å². The summed E-state index contributed by atoms with van der Waals surface area (Å²) in [6.45, 7) is 9.44. The molecule has 0 saturated heterocycles. The maximum Gasteiger partial charge on any atom is 0.135 e. The lowest BCUT2D eigenvalue weighted by atomic mass is 10.2. The minimum atomic E-state index is -0.0406. The monoisotopic (exact) mass is 266 g/mol. The van der Waals surface area contributed by atoms with E-state index < -0.39 is 0 Å². The fourth-order valence-electron chi connectivity index (χ4n) is 1.60. The van der Waals surface area contributed by atoms with Gasteiger partial charge in [0.15, 0.2) is 0 Å². The third kappa shape index (κ3) is 3.85. The van der Waals surface area contributed by atoms with E-state index in [4.69, 9.17) is 16.9 Å². The summed E-state index contributed by atoms with van der Waals surface area (Å²) >= 11 is 6.02. The van der Waals surface area contributed by atoms with Crippen molar-refractivity contribution < 1.29 is 0 Å². The summed E-state index contributed by atoms with van der Waals surface area (Å²) in [7, 11) is 0. The van der Waals surface area contributed by atoms with Crippen LogP contribution in [0, 0.1) is 17.2 Å². The van der Waals surface area contributed by atoms with E-state index in [9.17, 15) is 0 Å². The molecule has 0 radical (unpaired) electrons. The van der Waals surface area contributed by atoms with Gasteiger partial charge in [0.05, 0.1) is 12.0 Å². The van der Waals surface area contributed by atoms with E-state index in [1.807, 2.05) is 32.6 Å². The lowest BCUT2D eigenvalue weighted by Gasteiger charge is -2.23. The van der Waals surface area contributed by atoms with Crippen LogP contribution in [0.1, 0.15) is 39.4 Å². The standard InChI is InChI=1S/C13H19ClN4/c1-5-18(8-10(4)7-15)12-6-11(14)16-13(17-12)9(2)3/h6,9-10H,5,8H2,1-4H3. The first-order valence-electron chi connectivity index (χ1n) is 6.17. The third-order valence-corrected chi connectivity index (χ3v) is 2.83. The molecular formula is C13H19ClN4. The van der Waals surface area contributed by atoms with Crippen LogP contribution in [0.3, 0.4) is 0 Å². The molecule has 1 rings (SSSR count). The Kier molecular flexibility index (Phi) is 5.36. The summed E-state index contributed by atoms with van der Waals surface area (Å²) in [6.07, 6.45) is 0. The van der Waals surface area contributed by atoms with Crippen LogP contribution in [-0.4, -0.2) is 23.1 Å². The Morgan fingerprint density at radius 2 is 2.06 bits per heavy atom. The molecule has 0 N–H and O–H groups in total. The Bertz CT molecular complexity index is 439. The molecule has 0 fully saturated rings. The summed E-state index contributed by atoms with van der Waals surface area (Å²) < 4.78 is 0. The van der Waals surface area contributed by atoms with Gasteiger partial charge in [-0.25, -0.2) is 9.97 Å². The number of nitriles is 1. The molecule has 18 heavy (non-hydrogen) atoms. The topological polar surface area (TPSA) is 52.8 Å². The van der Waals surface area contributed by atoms with Gasteiger partial charge >= 0.3 is 0 Å². The van der Waals surface area contributed by atoms with E-state index in [1.165, 1.54) is 0 Å². The molecule has 0 aliphatic rings. The van der Waals surface area contributed by atoms with Gasteiger partial charge in [0, 0.05) is 25.1 Å². The summed E-state index contributed by atoms with van der Waals surface area (Å²) in [5, 5.41) is 9.34. The van der Waals surface area contributed by atoms with Gasteiger partial charge in [-0.2, -0.15) is 5.26 Å². The minimum absolute atomic E-state index is 0.0406. The largest absolute Gasteiger partial charge is 0.355 e. The van der Waals surface area contributed by atoms with Crippen molar-refractivity contribution in [1.82, 2.24) is 9.97 Å². The molecule has 98 valence electrons. The van der Waals surface area contributed by atoms with Crippen molar-refractivity contribution in [2.24, 2.45) is 5.92 Å². The number of anilines is 1. The zero-order valence-electron chi connectivity index (χ0n) is 11.3. The fourth-order valence-corrected chi connectivity index (χ4v) is 1.78. The average Bonchev–Trinajstić information content (AvgIpc) is 2.34. The van der Waals surface area contributed by atoms with Crippen LogP contribution in [0.4, 0.5) is 5.82 Å².